The molecule has 3 nitrogen and oxygen atoms in total. The molecule has 0 atom stereocenters. The summed E-state index contributed by atoms with van der Waals surface area (Å²) in [5.74, 6) is 0. The number of aromatic nitrogens is 1. The SMILES string of the molecule is c1ccc(-c2ccc(N(c3ccc4ccccc4c3)c3cccc4oc5ncccc5c34)cc2)cc1. The van der Waals surface area contributed by atoms with Gasteiger partial charge in [-0.3, -0.25) is 0 Å². The van der Waals surface area contributed by atoms with Gasteiger partial charge in [0.25, 0.3) is 0 Å². The summed E-state index contributed by atoms with van der Waals surface area (Å²) in [4.78, 5) is 6.78. The number of pyridine rings is 1. The van der Waals surface area contributed by atoms with E-state index >= 15 is 0 Å². The van der Waals surface area contributed by atoms with E-state index in [-0.39, 0.29) is 0 Å². The van der Waals surface area contributed by atoms with E-state index in [0.29, 0.717) is 5.71 Å². The van der Waals surface area contributed by atoms with Gasteiger partial charge < -0.3 is 9.32 Å². The predicted molar refractivity (Wildman–Crippen MR) is 149 cm³/mol. The first kappa shape index (κ1) is 20.5. The second kappa shape index (κ2) is 8.40. The monoisotopic (exact) mass is 462 g/mol. The van der Waals surface area contributed by atoms with E-state index in [4.69, 9.17) is 4.42 Å². The average molecular weight is 463 g/mol. The third-order valence-corrected chi connectivity index (χ3v) is 6.72. The van der Waals surface area contributed by atoms with Crippen molar-refractivity contribution < 1.29 is 4.42 Å². The van der Waals surface area contributed by atoms with Gasteiger partial charge in [0.05, 0.1) is 16.5 Å². The number of rotatable bonds is 4. The molecule has 0 fully saturated rings. The normalized spacial score (nSPS) is 11.3. The van der Waals surface area contributed by atoms with Gasteiger partial charge in [0.15, 0.2) is 0 Å². The molecule has 36 heavy (non-hydrogen) atoms. The van der Waals surface area contributed by atoms with E-state index in [0.717, 1.165) is 33.4 Å². The Kier molecular flexibility index (Phi) is 4.78. The Labute approximate surface area is 208 Å². The summed E-state index contributed by atoms with van der Waals surface area (Å²) in [6.45, 7) is 0. The van der Waals surface area contributed by atoms with Crippen LogP contribution in [0.25, 0.3) is 44.0 Å². The Balaban J connectivity index is 1.47. The van der Waals surface area contributed by atoms with Gasteiger partial charge in [-0.15, -0.1) is 0 Å². The van der Waals surface area contributed by atoms with E-state index in [1.165, 1.54) is 21.9 Å². The molecule has 0 N–H and O–H groups in total. The minimum atomic E-state index is 0.651. The lowest BCUT2D eigenvalue weighted by molar-refractivity contribution is 0.654. The summed E-state index contributed by atoms with van der Waals surface area (Å²) in [5.41, 5.74) is 7.10. The number of fused-ring (bicyclic) bond motifs is 4. The number of furan rings is 1. The molecule has 2 heterocycles. The van der Waals surface area contributed by atoms with Gasteiger partial charge in [-0.1, -0.05) is 78.9 Å². The molecular weight excluding hydrogens is 440 g/mol. The zero-order chi connectivity index (χ0) is 23.9. The number of nitrogens with zero attached hydrogens (tertiary/aromatic N) is 2. The average Bonchev–Trinajstić information content (AvgIpc) is 3.33. The van der Waals surface area contributed by atoms with Crippen LogP contribution in [0.2, 0.25) is 0 Å². The van der Waals surface area contributed by atoms with Crippen molar-refractivity contribution in [2.24, 2.45) is 0 Å². The summed E-state index contributed by atoms with van der Waals surface area (Å²) in [7, 11) is 0. The molecule has 0 bridgehead atoms. The molecule has 0 aliphatic heterocycles. The lowest BCUT2D eigenvalue weighted by Gasteiger charge is -2.26. The molecule has 7 aromatic rings. The van der Waals surface area contributed by atoms with E-state index in [9.17, 15) is 0 Å². The first-order valence-electron chi connectivity index (χ1n) is 12.1. The first-order valence-corrected chi connectivity index (χ1v) is 12.1. The van der Waals surface area contributed by atoms with Crippen molar-refractivity contribution in [3.8, 4) is 11.1 Å². The number of anilines is 3. The van der Waals surface area contributed by atoms with Crippen LogP contribution in [0.3, 0.4) is 0 Å². The van der Waals surface area contributed by atoms with Crippen LogP contribution in [0.4, 0.5) is 17.1 Å². The predicted octanol–water partition coefficient (Wildman–Crippen LogP) is 9.27. The maximum Gasteiger partial charge on any atom is 0.227 e. The fraction of sp³-hybridized carbons (Fsp3) is 0. The molecule has 7 rings (SSSR count). The summed E-state index contributed by atoms with van der Waals surface area (Å²) in [6.07, 6.45) is 1.77. The van der Waals surface area contributed by atoms with Crippen LogP contribution in [0.5, 0.6) is 0 Å². The quantitative estimate of drug-likeness (QED) is 0.261. The number of benzene rings is 5. The number of hydrogen-bond acceptors (Lipinski definition) is 3. The van der Waals surface area contributed by atoms with Gasteiger partial charge in [0.2, 0.25) is 5.71 Å². The van der Waals surface area contributed by atoms with Crippen LogP contribution >= 0.6 is 0 Å². The third kappa shape index (κ3) is 3.41. The molecule has 170 valence electrons. The maximum absolute atomic E-state index is 6.12. The zero-order valence-corrected chi connectivity index (χ0v) is 19.5. The highest BCUT2D eigenvalue weighted by molar-refractivity contribution is 6.12. The smallest absolute Gasteiger partial charge is 0.227 e. The first-order chi connectivity index (χ1) is 17.8. The molecule has 0 amide bonds. The lowest BCUT2D eigenvalue weighted by Crippen LogP contribution is -2.10. The second-order valence-electron chi connectivity index (χ2n) is 8.89. The van der Waals surface area contributed by atoms with Crippen LogP contribution in [0.15, 0.2) is 138 Å². The van der Waals surface area contributed by atoms with Crippen molar-refractivity contribution >= 4 is 49.9 Å². The van der Waals surface area contributed by atoms with Crippen molar-refractivity contribution in [1.82, 2.24) is 4.98 Å². The Morgan fingerprint density at radius 3 is 2.17 bits per heavy atom. The topological polar surface area (TPSA) is 29.3 Å². The van der Waals surface area contributed by atoms with Gasteiger partial charge in [0.1, 0.15) is 5.58 Å². The molecule has 0 aliphatic rings. The van der Waals surface area contributed by atoms with Crippen LogP contribution < -0.4 is 4.90 Å². The highest BCUT2D eigenvalue weighted by Crippen LogP contribution is 2.43. The van der Waals surface area contributed by atoms with Crippen molar-refractivity contribution in [2.45, 2.75) is 0 Å². The molecule has 0 saturated heterocycles. The molecule has 2 aromatic heterocycles. The van der Waals surface area contributed by atoms with Gasteiger partial charge in [-0.25, -0.2) is 4.98 Å². The van der Waals surface area contributed by atoms with E-state index in [1.54, 1.807) is 6.20 Å². The van der Waals surface area contributed by atoms with Crippen LogP contribution in [0.1, 0.15) is 0 Å². The molecule has 0 radical (unpaired) electrons. The Morgan fingerprint density at radius 1 is 0.556 bits per heavy atom. The second-order valence-corrected chi connectivity index (χ2v) is 8.89. The minimum absolute atomic E-state index is 0.651. The highest BCUT2D eigenvalue weighted by Gasteiger charge is 2.19. The van der Waals surface area contributed by atoms with Gasteiger partial charge in [0, 0.05) is 17.6 Å². The Morgan fingerprint density at radius 2 is 1.31 bits per heavy atom. The van der Waals surface area contributed by atoms with Crippen molar-refractivity contribution in [2.75, 3.05) is 4.90 Å². The molecular formula is C33H22N2O. The maximum atomic E-state index is 6.12. The Hall–Kier alpha value is -4.89. The molecule has 0 unspecified atom stereocenters. The van der Waals surface area contributed by atoms with Crippen molar-refractivity contribution in [3.63, 3.8) is 0 Å². The van der Waals surface area contributed by atoms with E-state index < -0.39 is 0 Å². The lowest BCUT2D eigenvalue weighted by atomic mass is 10.0. The minimum Gasteiger partial charge on any atom is -0.438 e. The summed E-state index contributed by atoms with van der Waals surface area (Å²) in [6, 6.07) is 44.6. The van der Waals surface area contributed by atoms with Gasteiger partial charge in [-0.2, -0.15) is 0 Å². The fourth-order valence-corrected chi connectivity index (χ4v) is 5.00. The largest absolute Gasteiger partial charge is 0.438 e. The number of hydrogen-bond donors (Lipinski definition) is 0. The molecule has 0 aliphatic carbocycles. The van der Waals surface area contributed by atoms with Crippen molar-refractivity contribution in [3.05, 3.63) is 134 Å². The fourth-order valence-electron chi connectivity index (χ4n) is 5.00. The molecule has 3 heteroatoms. The Bertz CT molecular complexity index is 1840. The standard InChI is InChI=1S/C33H22N2O/c1-2-8-23(9-3-1)25-15-18-27(19-16-25)35(28-20-17-24-10-4-5-11-26(24)22-28)30-13-6-14-31-32(30)29-12-7-21-34-33(29)36-31/h1-22H. The van der Waals surface area contributed by atoms with Gasteiger partial charge >= 0.3 is 0 Å². The van der Waals surface area contributed by atoms with Crippen LogP contribution in [0, 0.1) is 0 Å². The van der Waals surface area contributed by atoms with Crippen molar-refractivity contribution in [1.29, 1.82) is 0 Å². The molecule has 0 saturated carbocycles. The zero-order valence-electron chi connectivity index (χ0n) is 19.5. The summed E-state index contributed by atoms with van der Waals surface area (Å²) < 4.78 is 6.12. The van der Waals surface area contributed by atoms with Gasteiger partial charge in [-0.05, 0) is 70.4 Å². The highest BCUT2D eigenvalue weighted by atomic mass is 16.3. The molecule has 0 spiro atoms. The van der Waals surface area contributed by atoms with E-state index in [1.807, 2.05) is 24.3 Å². The summed E-state index contributed by atoms with van der Waals surface area (Å²) >= 11 is 0. The van der Waals surface area contributed by atoms with Crippen LogP contribution in [-0.2, 0) is 0 Å². The van der Waals surface area contributed by atoms with Crippen LogP contribution in [-0.4, -0.2) is 4.98 Å². The summed E-state index contributed by atoms with van der Waals surface area (Å²) in [5, 5.41) is 4.49. The van der Waals surface area contributed by atoms with E-state index in [2.05, 4.69) is 113 Å². The third-order valence-electron chi connectivity index (χ3n) is 6.72. The molecule has 5 aromatic carbocycles.